The second-order valence-electron chi connectivity index (χ2n) is 11.0. The van der Waals surface area contributed by atoms with Crippen LogP contribution in [-0.4, -0.2) is 111 Å². The Balaban J connectivity index is 1.36. The first-order valence-electron chi connectivity index (χ1n) is 13.8. The molecule has 12 nitrogen and oxygen atoms in total. The SMILES string of the molecule is CN(C)C(C)(C)COc1ccc2nc(NC(=O)C(=NN3CCOCC3)c3ccc(S(=O)(=O)[C@H]4CCOC4)cc3)sc2n1. The Bertz CT molecular complexity index is 1540. The topological polar surface area (TPSA) is 136 Å². The molecule has 0 aliphatic carbocycles. The van der Waals surface area contributed by atoms with Gasteiger partial charge in [-0.3, -0.25) is 15.1 Å². The van der Waals surface area contributed by atoms with Gasteiger partial charge >= 0.3 is 0 Å². The molecule has 2 saturated heterocycles. The monoisotopic (exact) mass is 616 g/mol. The summed E-state index contributed by atoms with van der Waals surface area (Å²) in [7, 11) is 0.461. The van der Waals surface area contributed by atoms with Gasteiger partial charge in [-0.05, 0) is 52.6 Å². The Kier molecular flexibility index (Phi) is 9.08. The van der Waals surface area contributed by atoms with E-state index in [-0.39, 0.29) is 22.8 Å². The largest absolute Gasteiger partial charge is 0.476 e. The highest BCUT2D eigenvalue weighted by molar-refractivity contribution is 7.92. The van der Waals surface area contributed by atoms with E-state index in [9.17, 15) is 13.2 Å². The van der Waals surface area contributed by atoms with Crippen LogP contribution in [0.25, 0.3) is 10.3 Å². The van der Waals surface area contributed by atoms with E-state index in [2.05, 4.69) is 39.1 Å². The number of hydrogen-bond acceptors (Lipinski definition) is 12. The molecule has 226 valence electrons. The quantitative estimate of drug-likeness (QED) is 0.339. The maximum atomic E-state index is 13.6. The Hall–Kier alpha value is -3.17. The van der Waals surface area contributed by atoms with E-state index in [1.807, 2.05) is 20.2 Å². The van der Waals surface area contributed by atoms with Crippen molar-refractivity contribution >= 4 is 48.3 Å². The summed E-state index contributed by atoms with van der Waals surface area (Å²) in [5.41, 5.74) is 1.09. The number of fused-ring (bicyclic) bond motifs is 1. The molecule has 1 aromatic carbocycles. The zero-order chi connectivity index (χ0) is 29.9. The van der Waals surface area contributed by atoms with E-state index in [4.69, 9.17) is 14.2 Å². The van der Waals surface area contributed by atoms with Gasteiger partial charge in [0.15, 0.2) is 20.7 Å². The van der Waals surface area contributed by atoms with Gasteiger partial charge in [-0.2, -0.15) is 5.10 Å². The van der Waals surface area contributed by atoms with E-state index in [1.54, 1.807) is 23.2 Å². The third-order valence-corrected chi connectivity index (χ3v) is 10.5. The van der Waals surface area contributed by atoms with E-state index in [1.165, 1.54) is 23.5 Å². The number of anilines is 1. The van der Waals surface area contributed by atoms with Gasteiger partial charge in [-0.1, -0.05) is 23.5 Å². The van der Waals surface area contributed by atoms with Crippen molar-refractivity contribution in [2.24, 2.45) is 5.10 Å². The van der Waals surface area contributed by atoms with Crippen molar-refractivity contribution in [2.75, 3.05) is 65.5 Å². The summed E-state index contributed by atoms with van der Waals surface area (Å²) in [6.07, 6.45) is 0.467. The molecule has 1 N–H and O–H groups in total. The second kappa shape index (κ2) is 12.6. The van der Waals surface area contributed by atoms with Crippen LogP contribution in [0.1, 0.15) is 25.8 Å². The number of amides is 1. The first-order chi connectivity index (χ1) is 20.0. The molecule has 3 aromatic rings. The molecule has 0 unspecified atom stereocenters. The number of nitrogens with zero attached hydrogens (tertiary/aromatic N) is 5. The Morgan fingerprint density at radius 3 is 2.52 bits per heavy atom. The van der Waals surface area contributed by atoms with Crippen molar-refractivity contribution in [1.82, 2.24) is 19.9 Å². The van der Waals surface area contributed by atoms with Crippen LogP contribution in [0.2, 0.25) is 0 Å². The summed E-state index contributed by atoms with van der Waals surface area (Å²) in [6.45, 7) is 7.30. The van der Waals surface area contributed by atoms with Crippen LogP contribution in [0.15, 0.2) is 46.4 Å². The molecule has 0 spiro atoms. The molecule has 4 heterocycles. The zero-order valence-electron chi connectivity index (χ0n) is 24.2. The number of ether oxygens (including phenoxy) is 3. The molecule has 5 rings (SSSR count). The minimum absolute atomic E-state index is 0.146. The molecular weight excluding hydrogens is 580 g/mol. The lowest BCUT2D eigenvalue weighted by Gasteiger charge is -2.31. The summed E-state index contributed by atoms with van der Waals surface area (Å²) < 4.78 is 42.6. The molecule has 2 aromatic heterocycles. The lowest BCUT2D eigenvalue weighted by atomic mass is 10.1. The molecule has 1 amide bonds. The van der Waals surface area contributed by atoms with E-state index >= 15 is 0 Å². The molecule has 42 heavy (non-hydrogen) atoms. The number of benzene rings is 1. The fourth-order valence-corrected chi connectivity index (χ4v) is 6.66. The van der Waals surface area contributed by atoms with Crippen LogP contribution in [0.4, 0.5) is 5.13 Å². The van der Waals surface area contributed by atoms with Gasteiger partial charge in [0.1, 0.15) is 17.0 Å². The first-order valence-corrected chi connectivity index (χ1v) is 16.1. The lowest BCUT2D eigenvalue weighted by molar-refractivity contribution is -0.110. The average molecular weight is 617 g/mol. The van der Waals surface area contributed by atoms with Gasteiger partial charge in [0.25, 0.3) is 5.91 Å². The summed E-state index contributed by atoms with van der Waals surface area (Å²) >= 11 is 1.23. The molecule has 2 aliphatic heterocycles. The number of carbonyl (C=O) groups excluding carboxylic acids is 1. The van der Waals surface area contributed by atoms with E-state index < -0.39 is 21.0 Å². The summed E-state index contributed by atoms with van der Waals surface area (Å²) in [4.78, 5) is 25.6. The smallest absolute Gasteiger partial charge is 0.278 e. The van der Waals surface area contributed by atoms with Crippen LogP contribution in [-0.2, 0) is 24.1 Å². The molecule has 14 heteroatoms. The standard InChI is InChI=1S/C28H36N6O6S2/c1-28(2,33(3)4)18-40-23-10-9-22-26(30-23)41-27(29-22)31-25(35)24(32-34-12-15-38-16-13-34)19-5-7-20(8-6-19)42(36,37)21-11-14-39-17-21/h5-10,21H,11-18H2,1-4H3,(H,29,31,35)/t21-/m0/s1. The van der Waals surface area contributed by atoms with E-state index in [0.717, 1.165) is 0 Å². The third-order valence-electron chi connectivity index (χ3n) is 7.46. The van der Waals surface area contributed by atoms with E-state index in [0.29, 0.717) is 72.9 Å². The highest BCUT2D eigenvalue weighted by atomic mass is 32.2. The van der Waals surface area contributed by atoms with Crippen molar-refractivity contribution < 1.29 is 27.4 Å². The molecule has 0 bridgehead atoms. The van der Waals surface area contributed by atoms with Gasteiger partial charge in [-0.25, -0.2) is 18.4 Å². The number of pyridine rings is 1. The van der Waals surface area contributed by atoms with Crippen LogP contribution < -0.4 is 10.1 Å². The van der Waals surface area contributed by atoms with Crippen molar-refractivity contribution in [3.05, 3.63) is 42.0 Å². The van der Waals surface area contributed by atoms with Crippen molar-refractivity contribution in [2.45, 2.75) is 36.0 Å². The molecule has 0 radical (unpaired) electrons. The van der Waals surface area contributed by atoms with Crippen LogP contribution in [0, 0.1) is 0 Å². The highest BCUT2D eigenvalue weighted by Crippen LogP contribution is 2.28. The fourth-order valence-electron chi connectivity index (χ4n) is 4.25. The predicted octanol–water partition coefficient (Wildman–Crippen LogP) is 2.65. The number of rotatable bonds is 10. The van der Waals surface area contributed by atoms with Crippen LogP contribution in [0.5, 0.6) is 5.88 Å². The number of nitrogens with one attached hydrogen (secondary N) is 1. The number of carbonyl (C=O) groups is 1. The Morgan fingerprint density at radius 2 is 1.86 bits per heavy atom. The molecule has 0 saturated carbocycles. The maximum absolute atomic E-state index is 13.6. The number of hydrazone groups is 1. The summed E-state index contributed by atoms with van der Waals surface area (Å²) in [5.74, 6) is 0.0114. The van der Waals surface area contributed by atoms with Gasteiger partial charge in [0, 0.05) is 23.8 Å². The van der Waals surface area contributed by atoms with Gasteiger partial charge in [0.05, 0.1) is 43.1 Å². The van der Waals surface area contributed by atoms with Gasteiger partial charge in [-0.15, -0.1) is 0 Å². The molecule has 2 aliphatic rings. The van der Waals surface area contributed by atoms with Crippen LogP contribution in [0.3, 0.4) is 0 Å². The first kappa shape index (κ1) is 30.3. The Labute approximate surface area is 249 Å². The second-order valence-corrected chi connectivity index (χ2v) is 14.2. The normalized spacial score (nSPS) is 18.5. The van der Waals surface area contributed by atoms with Crippen molar-refractivity contribution in [3.63, 3.8) is 0 Å². The molecular formula is C28H36N6O6S2. The fraction of sp³-hybridized carbons (Fsp3) is 0.500. The summed E-state index contributed by atoms with van der Waals surface area (Å²) in [6, 6.07) is 9.83. The zero-order valence-corrected chi connectivity index (χ0v) is 25.8. The highest BCUT2D eigenvalue weighted by Gasteiger charge is 2.31. The summed E-state index contributed by atoms with van der Waals surface area (Å²) in [5, 5.41) is 9.06. The number of hydrogen-bond donors (Lipinski definition) is 1. The lowest BCUT2D eigenvalue weighted by Crippen LogP contribution is -2.43. The maximum Gasteiger partial charge on any atom is 0.278 e. The minimum Gasteiger partial charge on any atom is -0.476 e. The predicted molar refractivity (Wildman–Crippen MR) is 161 cm³/mol. The van der Waals surface area contributed by atoms with Crippen molar-refractivity contribution in [3.8, 4) is 5.88 Å². The average Bonchev–Trinajstić information content (AvgIpc) is 3.66. The third kappa shape index (κ3) is 6.89. The van der Waals surface area contributed by atoms with Crippen molar-refractivity contribution in [1.29, 1.82) is 0 Å². The number of aromatic nitrogens is 2. The number of sulfone groups is 1. The molecule has 2 fully saturated rings. The number of likely N-dealkylation sites (N-methyl/N-ethyl adjacent to an activating group) is 1. The molecule has 1 atom stereocenters. The minimum atomic E-state index is -3.53. The number of morpholine rings is 1. The Morgan fingerprint density at radius 1 is 1.12 bits per heavy atom. The van der Waals surface area contributed by atoms with Crippen LogP contribution >= 0.6 is 11.3 Å². The van der Waals surface area contributed by atoms with Gasteiger partial charge < -0.3 is 19.1 Å². The van der Waals surface area contributed by atoms with Gasteiger partial charge in [0.2, 0.25) is 5.88 Å². The number of thiazole rings is 1.